The molecule has 106 valence electrons. The molecule has 0 spiro atoms. The molecule has 0 aliphatic heterocycles. The summed E-state index contributed by atoms with van der Waals surface area (Å²) >= 11 is 1.12. The molecule has 0 aliphatic rings. The summed E-state index contributed by atoms with van der Waals surface area (Å²) in [5, 5.41) is 25.1. The predicted octanol–water partition coefficient (Wildman–Crippen LogP) is 2.35. The molecule has 0 saturated carbocycles. The fourth-order valence-corrected chi connectivity index (χ4v) is 2.64. The van der Waals surface area contributed by atoms with Crippen molar-refractivity contribution in [1.82, 2.24) is 5.32 Å². The van der Waals surface area contributed by atoms with Crippen molar-refractivity contribution < 1.29 is 10.0 Å². The van der Waals surface area contributed by atoms with Crippen LogP contribution in [0.2, 0.25) is 0 Å². The number of benzene rings is 1. The Hall–Kier alpha value is -1.76. The minimum Gasteiger partial charge on any atom is -0.395 e. The first-order chi connectivity index (χ1) is 9.69. The maximum Gasteiger partial charge on any atom is 0.324 e. The number of hydrogen-bond acceptors (Lipinski definition) is 5. The van der Waals surface area contributed by atoms with Crippen LogP contribution in [0.3, 0.4) is 0 Å². The van der Waals surface area contributed by atoms with Gasteiger partial charge in [0.1, 0.15) is 0 Å². The van der Waals surface area contributed by atoms with E-state index in [9.17, 15) is 15.2 Å². The van der Waals surface area contributed by atoms with E-state index in [2.05, 4.69) is 5.32 Å². The molecule has 2 rings (SSSR count). The third kappa shape index (κ3) is 4.12. The van der Waals surface area contributed by atoms with Crippen LogP contribution in [0.4, 0.5) is 5.00 Å². The van der Waals surface area contributed by atoms with Crippen molar-refractivity contribution in [1.29, 1.82) is 0 Å². The number of thiophene rings is 1. The quantitative estimate of drug-likeness (QED) is 0.607. The summed E-state index contributed by atoms with van der Waals surface area (Å²) in [6, 6.07) is 11.4. The van der Waals surface area contributed by atoms with Crippen LogP contribution in [0.5, 0.6) is 0 Å². The van der Waals surface area contributed by atoms with Gasteiger partial charge in [-0.3, -0.25) is 10.1 Å². The first-order valence-electron chi connectivity index (χ1n) is 6.29. The number of nitro groups is 1. The fraction of sp³-hybridized carbons (Fsp3) is 0.286. The smallest absolute Gasteiger partial charge is 0.324 e. The maximum atomic E-state index is 10.6. The van der Waals surface area contributed by atoms with Gasteiger partial charge in [0.05, 0.1) is 11.5 Å². The molecule has 0 bridgehead atoms. The Morgan fingerprint density at radius 2 is 2.05 bits per heavy atom. The van der Waals surface area contributed by atoms with Crippen molar-refractivity contribution in [3.63, 3.8) is 0 Å². The monoisotopic (exact) mass is 292 g/mol. The minimum absolute atomic E-state index is 0.0289. The van der Waals surface area contributed by atoms with Crippen LogP contribution in [-0.4, -0.2) is 22.7 Å². The molecule has 1 unspecified atom stereocenters. The lowest BCUT2D eigenvalue weighted by Crippen LogP contribution is -2.33. The van der Waals surface area contributed by atoms with Crippen LogP contribution in [0.15, 0.2) is 41.8 Å². The lowest BCUT2D eigenvalue weighted by atomic mass is 10.1. The molecule has 2 N–H and O–H groups in total. The van der Waals surface area contributed by atoms with Gasteiger partial charge in [-0.15, -0.1) is 0 Å². The van der Waals surface area contributed by atoms with Gasteiger partial charge in [0, 0.05) is 24.0 Å². The first-order valence-corrected chi connectivity index (χ1v) is 7.17. The van der Waals surface area contributed by atoms with E-state index in [-0.39, 0.29) is 22.6 Å². The molecule has 5 nitrogen and oxygen atoms in total. The summed E-state index contributed by atoms with van der Waals surface area (Å²) in [6.45, 7) is 0.545. The second kappa shape index (κ2) is 7.14. The molecule has 0 amide bonds. The van der Waals surface area contributed by atoms with Gasteiger partial charge in [-0.25, -0.2) is 0 Å². The van der Waals surface area contributed by atoms with Crippen LogP contribution in [-0.2, 0) is 13.0 Å². The van der Waals surface area contributed by atoms with E-state index in [0.717, 1.165) is 28.9 Å². The molecule has 0 saturated heterocycles. The average Bonchev–Trinajstić information content (AvgIpc) is 2.93. The maximum absolute atomic E-state index is 10.6. The molecular weight excluding hydrogens is 276 g/mol. The van der Waals surface area contributed by atoms with E-state index in [1.165, 1.54) is 0 Å². The van der Waals surface area contributed by atoms with Crippen LogP contribution in [0.1, 0.15) is 11.1 Å². The standard InChI is InChI=1S/C14H16N2O3S/c17-9-13(6-11-4-2-1-3-5-11)15-8-12-7-14(16(18)19)20-10-12/h1-5,7,10,13,15,17H,6,8-9H2. The number of nitrogens with zero attached hydrogens (tertiary/aromatic N) is 1. The molecule has 0 fully saturated rings. The van der Waals surface area contributed by atoms with Gasteiger partial charge < -0.3 is 10.4 Å². The molecule has 1 aromatic heterocycles. The number of hydrogen-bond donors (Lipinski definition) is 2. The van der Waals surface area contributed by atoms with Crippen molar-refractivity contribution in [2.45, 2.75) is 19.0 Å². The largest absolute Gasteiger partial charge is 0.395 e. The Balaban J connectivity index is 1.88. The average molecular weight is 292 g/mol. The Morgan fingerprint density at radius 3 is 2.65 bits per heavy atom. The van der Waals surface area contributed by atoms with E-state index < -0.39 is 0 Å². The van der Waals surface area contributed by atoms with Gasteiger partial charge in [0.15, 0.2) is 0 Å². The van der Waals surface area contributed by atoms with Gasteiger partial charge in [0.25, 0.3) is 0 Å². The SMILES string of the molecule is O=[N+]([O-])c1cc(CNC(CO)Cc2ccccc2)cs1. The molecule has 0 aliphatic carbocycles. The van der Waals surface area contributed by atoms with Crippen molar-refractivity contribution >= 4 is 16.3 Å². The van der Waals surface area contributed by atoms with Crippen LogP contribution in [0.25, 0.3) is 0 Å². The Kier molecular flexibility index (Phi) is 5.23. The fourth-order valence-electron chi connectivity index (χ4n) is 1.91. The van der Waals surface area contributed by atoms with Gasteiger partial charge in [-0.05, 0) is 17.5 Å². The normalized spacial score (nSPS) is 12.2. The highest BCUT2D eigenvalue weighted by atomic mass is 32.1. The van der Waals surface area contributed by atoms with Gasteiger partial charge in [-0.2, -0.15) is 0 Å². The highest BCUT2D eigenvalue weighted by molar-refractivity contribution is 7.13. The first kappa shape index (κ1) is 14.6. The van der Waals surface area contributed by atoms with Crippen molar-refractivity contribution in [3.05, 3.63) is 63.0 Å². The zero-order valence-corrected chi connectivity index (χ0v) is 11.7. The molecular formula is C14H16N2O3S. The van der Waals surface area contributed by atoms with Gasteiger partial charge >= 0.3 is 5.00 Å². The third-order valence-electron chi connectivity index (χ3n) is 2.96. The summed E-state index contributed by atoms with van der Waals surface area (Å²) in [6.07, 6.45) is 0.726. The summed E-state index contributed by atoms with van der Waals surface area (Å²) in [5.74, 6) is 0. The van der Waals surface area contributed by atoms with Crippen molar-refractivity contribution in [3.8, 4) is 0 Å². The van der Waals surface area contributed by atoms with Crippen molar-refractivity contribution in [2.24, 2.45) is 0 Å². The van der Waals surface area contributed by atoms with Crippen LogP contribution in [0, 0.1) is 10.1 Å². The van der Waals surface area contributed by atoms with Crippen molar-refractivity contribution in [2.75, 3.05) is 6.61 Å². The minimum atomic E-state index is -0.387. The Labute approximate surface area is 121 Å². The summed E-state index contributed by atoms with van der Waals surface area (Å²) < 4.78 is 0. The highest BCUT2D eigenvalue weighted by Gasteiger charge is 2.12. The number of nitrogens with one attached hydrogen (secondary N) is 1. The lowest BCUT2D eigenvalue weighted by molar-refractivity contribution is -0.380. The van der Waals surface area contributed by atoms with E-state index in [1.807, 2.05) is 30.3 Å². The summed E-state index contributed by atoms with van der Waals surface area (Å²) in [4.78, 5) is 10.2. The zero-order chi connectivity index (χ0) is 14.4. The van der Waals surface area contributed by atoms with E-state index in [1.54, 1.807) is 11.4 Å². The summed E-state index contributed by atoms with van der Waals surface area (Å²) in [5.41, 5.74) is 2.02. The molecule has 2 aromatic rings. The Bertz CT molecular complexity index is 557. The molecule has 1 aromatic carbocycles. The second-order valence-corrected chi connectivity index (χ2v) is 5.39. The second-order valence-electron chi connectivity index (χ2n) is 4.50. The van der Waals surface area contributed by atoms with E-state index in [4.69, 9.17) is 0 Å². The van der Waals surface area contributed by atoms with E-state index >= 15 is 0 Å². The number of aliphatic hydroxyl groups excluding tert-OH is 1. The third-order valence-corrected chi connectivity index (χ3v) is 3.89. The molecule has 1 atom stereocenters. The molecule has 1 heterocycles. The number of aliphatic hydroxyl groups is 1. The Morgan fingerprint density at radius 1 is 1.30 bits per heavy atom. The topological polar surface area (TPSA) is 75.4 Å². The molecule has 0 radical (unpaired) electrons. The lowest BCUT2D eigenvalue weighted by Gasteiger charge is -2.15. The van der Waals surface area contributed by atoms with E-state index in [0.29, 0.717) is 6.54 Å². The van der Waals surface area contributed by atoms with Gasteiger partial charge in [0.2, 0.25) is 0 Å². The summed E-state index contributed by atoms with van der Waals surface area (Å²) in [7, 11) is 0. The predicted molar refractivity (Wildman–Crippen MR) is 78.8 cm³/mol. The molecule has 6 heteroatoms. The van der Waals surface area contributed by atoms with Crippen LogP contribution >= 0.6 is 11.3 Å². The highest BCUT2D eigenvalue weighted by Crippen LogP contribution is 2.22. The number of rotatable bonds is 7. The van der Waals surface area contributed by atoms with Crippen LogP contribution < -0.4 is 5.32 Å². The van der Waals surface area contributed by atoms with Gasteiger partial charge in [-0.1, -0.05) is 41.7 Å². The molecule has 20 heavy (non-hydrogen) atoms. The zero-order valence-electron chi connectivity index (χ0n) is 10.9.